The van der Waals surface area contributed by atoms with Crippen molar-refractivity contribution in [2.24, 2.45) is 5.73 Å². The van der Waals surface area contributed by atoms with E-state index in [0.29, 0.717) is 18.1 Å². The molecule has 0 fully saturated rings. The summed E-state index contributed by atoms with van der Waals surface area (Å²) in [6, 6.07) is 12.8. The molecule has 6 nitrogen and oxygen atoms in total. The molecule has 1 amide bonds. The van der Waals surface area contributed by atoms with Crippen LogP contribution in [-0.2, 0) is 0 Å². The van der Waals surface area contributed by atoms with Gasteiger partial charge in [-0.2, -0.15) is 0 Å². The molecule has 0 atom stereocenters. The first-order chi connectivity index (χ1) is 10.6. The molecule has 2 rings (SSSR count). The quantitative estimate of drug-likeness (QED) is 0.677. The monoisotopic (exact) mass is 301 g/mol. The van der Waals surface area contributed by atoms with Gasteiger partial charge in [0.15, 0.2) is 0 Å². The largest absolute Gasteiger partial charge is 0.494 e. The normalized spacial score (nSPS) is 9.86. The van der Waals surface area contributed by atoms with Crippen LogP contribution >= 0.6 is 0 Å². The summed E-state index contributed by atoms with van der Waals surface area (Å²) in [5, 5.41) is 0. The number of nitrogens with two attached hydrogens (primary N) is 1. The van der Waals surface area contributed by atoms with Crippen LogP contribution in [0, 0.1) is 0 Å². The Hall–Kier alpha value is -3.02. The molecule has 114 valence electrons. The first kappa shape index (κ1) is 15.4. The number of rotatable bonds is 5. The number of amides is 1. The Kier molecular flexibility index (Phi) is 4.98. The Labute approximate surface area is 127 Å². The predicted octanol–water partition coefficient (Wildman–Crippen LogP) is 2.76. The highest BCUT2D eigenvalue weighted by Crippen LogP contribution is 2.22. The van der Waals surface area contributed by atoms with Crippen LogP contribution in [0.15, 0.2) is 48.5 Å². The van der Waals surface area contributed by atoms with E-state index in [9.17, 15) is 9.59 Å². The van der Waals surface area contributed by atoms with Gasteiger partial charge in [0, 0.05) is 0 Å². The highest BCUT2D eigenvalue weighted by molar-refractivity contribution is 5.94. The van der Waals surface area contributed by atoms with Gasteiger partial charge in [0.25, 0.3) is 0 Å². The number of benzene rings is 2. The summed E-state index contributed by atoms with van der Waals surface area (Å²) in [5.74, 6) is 0.425. The summed E-state index contributed by atoms with van der Waals surface area (Å²) in [7, 11) is 0. The molecule has 2 aromatic carbocycles. The maximum absolute atomic E-state index is 12.1. The van der Waals surface area contributed by atoms with Crippen LogP contribution in [-0.4, -0.2) is 18.7 Å². The van der Waals surface area contributed by atoms with Crippen molar-refractivity contribution in [2.75, 3.05) is 6.61 Å². The van der Waals surface area contributed by atoms with Gasteiger partial charge in [-0.25, -0.2) is 9.59 Å². The second-order valence-corrected chi connectivity index (χ2v) is 4.21. The van der Waals surface area contributed by atoms with Gasteiger partial charge in [-0.1, -0.05) is 12.1 Å². The molecule has 0 saturated carbocycles. The van der Waals surface area contributed by atoms with Crippen LogP contribution in [0.5, 0.6) is 17.2 Å². The molecule has 0 heterocycles. The molecule has 6 heteroatoms. The van der Waals surface area contributed by atoms with Gasteiger partial charge in [-0.15, -0.1) is 0 Å². The predicted molar refractivity (Wildman–Crippen MR) is 79.2 cm³/mol. The lowest BCUT2D eigenvalue weighted by atomic mass is 10.2. The zero-order valence-electron chi connectivity index (χ0n) is 11.9. The standard InChI is InChI=1S/C16H15NO5/c1-2-20-11-7-9-12(10-8-11)21-15(18)13-5-3-4-6-14(13)22-16(17)19/h3-10H,2H2,1H3,(H2,17,19). The summed E-state index contributed by atoms with van der Waals surface area (Å²) >= 11 is 0. The maximum Gasteiger partial charge on any atom is 0.409 e. The number of carbonyl (C=O) groups excluding carboxylic acids is 2. The zero-order valence-corrected chi connectivity index (χ0v) is 11.9. The molecule has 0 spiro atoms. The van der Waals surface area contributed by atoms with Gasteiger partial charge in [0.1, 0.15) is 22.8 Å². The molecule has 0 aliphatic carbocycles. The van der Waals surface area contributed by atoms with Crippen molar-refractivity contribution in [3.05, 3.63) is 54.1 Å². The second kappa shape index (κ2) is 7.12. The molecule has 0 saturated heterocycles. The summed E-state index contributed by atoms with van der Waals surface area (Å²) in [6.45, 7) is 2.43. The third kappa shape index (κ3) is 3.99. The van der Waals surface area contributed by atoms with Crippen LogP contribution in [0.3, 0.4) is 0 Å². The lowest BCUT2D eigenvalue weighted by Crippen LogP contribution is -2.19. The van der Waals surface area contributed by atoms with Crippen LogP contribution in [0.1, 0.15) is 17.3 Å². The summed E-state index contributed by atoms with van der Waals surface area (Å²) < 4.78 is 15.3. The average molecular weight is 301 g/mol. The van der Waals surface area contributed by atoms with Crippen molar-refractivity contribution in [1.82, 2.24) is 0 Å². The number of carbonyl (C=O) groups is 2. The second-order valence-electron chi connectivity index (χ2n) is 4.21. The van der Waals surface area contributed by atoms with E-state index in [-0.39, 0.29) is 11.3 Å². The first-order valence-electron chi connectivity index (χ1n) is 6.61. The zero-order chi connectivity index (χ0) is 15.9. The van der Waals surface area contributed by atoms with E-state index in [2.05, 4.69) is 0 Å². The highest BCUT2D eigenvalue weighted by atomic mass is 16.6. The van der Waals surface area contributed by atoms with Gasteiger partial charge in [-0.05, 0) is 43.3 Å². The SMILES string of the molecule is CCOc1ccc(OC(=O)c2ccccc2OC(N)=O)cc1. The third-order valence-electron chi connectivity index (χ3n) is 2.66. The number of hydrogen-bond acceptors (Lipinski definition) is 5. The van der Waals surface area contributed by atoms with Crippen LogP contribution in [0.25, 0.3) is 0 Å². The number of esters is 1. The molecule has 0 aliphatic heterocycles. The van der Waals surface area contributed by atoms with Crippen molar-refractivity contribution in [3.8, 4) is 17.2 Å². The Morgan fingerprint density at radius 1 is 0.955 bits per heavy atom. The smallest absolute Gasteiger partial charge is 0.409 e. The van der Waals surface area contributed by atoms with E-state index in [1.165, 1.54) is 12.1 Å². The summed E-state index contributed by atoms with van der Waals surface area (Å²) in [4.78, 5) is 23.0. The molecule has 2 N–H and O–H groups in total. The molecule has 0 aliphatic rings. The van der Waals surface area contributed by atoms with Crippen LogP contribution in [0.4, 0.5) is 4.79 Å². The van der Waals surface area contributed by atoms with E-state index < -0.39 is 12.1 Å². The molecule has 0 bridgehead atoms. The van der Waals surface area contributed by atoms with E-state index in [4.69, 9.17) is 19.9 Å². The van der Waals surface area contributed by atoms with E-state index in [1.54, 1.807) is 36.4 Å². The summed E-state index contributed by atoms with van der Waals surface area (Å²) in [6.07, 6.45) is -0.999. The van der Waals surface area contributed by atoms with Crippen molar-refractivity contribution < 1.29 is 23.8 Å². The first-order valence-corrected chi connectivity index (χ1v) is 6.61. The molecule has 0 radical (unpaired) electrons. The number of primary amides is 1. The molecule has 0 unspecified atom stereocenters. The van der Waals surface area contributed by atoms with Crippen LogP contribution in [0.2, 0.25) is 0 Å². The topological polar surface area (TPSA) is 87.8 Å². The minimum absolute atomic E-state index is 0.0472. The Morgan fingerprint density at radius 3 is 2.23 bits per heavy atom. The molecular formula is C16H15NO5. The Morgan fingerprint density at radius 2 is 1.59 bits per heavy atom. The fourth-order valence-corrected chi connectivity index (χ4v) is 1.77. The van der Waals surface area contributed by atoms with Crippen molar-refractivity contribution >= 4 is 12.1 Å². The average Bonchev–Trinajstić information content (AvgIpc) is 2.49. The van der Waals surface area contributed by atoms with Gasteiger partial charge in [0.2, 0.25) is 0 Å². The molecule has 22 heavy (non-hydrogen) atoms. The van der Waals surface area contributed by atoms with Gasteiger partial charge in [0.05, 0.1) is 6.61 Å². The van der Waals surface area contributed by atoms with E-state index in [1.807, 2.05) is 6.92 Å². The fraction of sp³-hybridized carbons (Fsp3) is 0.125. The maximum atomic E-state index is 12.1. The van der Waals surface area contributed by atoms with Crippen molar-refractivity contribution in [1.29, 1.82) is 0 Å². The minimum Gasteiger partial charge on any atom is -0.494 e. The van der Waals surface area contributed by atoms with E-state index >= 15 is 0 Å². The van der Waals surface area contributed by atoms with Gasteiger partial charge in [-0.3, -0.25) is 0 Å². The lowest BCUT2D eigenvalue weighted by molar-refractivity contribution is 0.0732. The van der Waals surface area contributed by atoms with Crippen molar-refractivity contribution in [2.45, 2.75) is 6.92 Å². The molecule has 2 aromatic rings. The van der Waals surface area contributed by atoms with Crippen molar-refractivity contribution in [3.63, 3.8) is 0 Å². The number of hydrogen-bond donors (Lipinski definition) is 1. The number of para-hydroxylation sites is 1. The lowest BCUT2D eigenvalue weighted by Gasteiger charge is -2.09. The highest BCUT2D eigenvalue weighted by Gasteiger charge is 2.16. The third-order valence-corrected chi connectivity index (χ3v) is 2.66. The van der Waals surface area contributed by atoms with E-state index in [0.717, 1.165) is 0 Å². The van der Waals surface area contributed by atoms with Gasteiger partial charge < -0.3 is 19.9 Å². The van der Waals surface area contributed by atoms with Gasteiger partial charge >= 0.3 is 12.1 Å². The minimum atomic E-state index is -0.999. The summed E-state index contributed by atoms with van der Waals surface area (Å²) in [5.41, 5.74) is 5.07. The molecular weight excluding hydrogens is 286 g/mol. The fourth-order valence-electron chi connectivity index (χ4n) is 1.77. The Bertz CT molecular complexity index is 666. The Balaban J connectivity index is 2.13. The number of ether oxygens (including phenoxy) is 3. The van der Waals surface area contributed by atoms with Crippen LogP contribution < -0.4 is 19.9 Å². The molecule has 0 aromatic heterocycles.